The summed E-state index contributed by atoms with van der Waals surface area (Å²) >= 11 is 0. The van der Waals surface area contributed by atoms with E-state index in [0.717, 1.165) is 26.1 Å². The maximum absolute atomic E-state index is 5.50. The molecule has 1 aliphatic rings. The summed E-state index contributed by atoms with van der Waals surface area (Å²) < 4.78 is 15.7. The SMILES string of the molecule is COC(OC)C(NN)C1CCOCC1. The summed E-state index contributed by atoms with van der Waals surface area (Å²) in [5.41, 5.74) is 2.77. The van der Waals surface area contributed by atoms with E-state index in [1.165, 1.54) is 0 Å². The Labute approximate surface area is 84.9 Å². The minimum atomic E-state index is -0.289. The van der Waals surface area contributed by atoms with Crippen LogP contribution >= 0.6 is 0 Å². The van der Waals surface area contributed by atoms with Gasteiger partial charge in [0.25, 0.3) is 0 Å². The molecule has 0 aromatic rings. The lowest BCUT2D eigenvalue weighted by atomic mass is 9.91. The molecule has 0 saturated carbocycles. The van der Waals surface area contributed by atoms with E-state index >= 15 is 0 Å². The number of hydrazine groups is 1. The van der Waals surface area contributed by atoms with Crippen molar-refractivity contribution in [1.29, 1.82) is 0 Å². The van der Waals surface area contributed by atoms with E-state index in [2.05, 4.69) is 5.43 Å². The van der Waals surface area contributed by atoms with Crippen molar-refractivity contribution in [1.82, 2.24) is 5.43 Å². The molecule has 84 valence electrons. The molecule has 1 rings (SSSR count). The molecule has 5 nitrogen and oxygen atoms in total. The van der Waals surface area contributed by atoms with E-state index in [4.69, 9.17) is 20.1 Å². The van der Waals surface area contributed by atoms with E-state index in [1.807, 2.05) is 0 Å². The zero-order valence-electron chi connectivity index (χ0n) is 8.86. The smallest absolute Gasteiger partial charge is 0.173 e. The number of methoxy groups -OCH3 is 2. The Hall–Kier alpha value is -0.200. The van der Waals surface area contributed by atoms with Gasteiger partial charge in [0.05, 0.1) is 6.04 Å². The first kappa shape index (κ1) is 11.9. The molecular formula is C9H20N2O3. The van der Waals surface area contributed by atoms with Crippen LogP contribution in [0.5, 0.6) is 0 Å². The van der Waals surface area contributed by atoms with Crippen molar-refractivity contribution in [3.05, 3.63) is 0 Å². The molecule has 5 heteroatoms. The van der Waals surface area contributed by atoms with Crippen LogP contribution in [-0.2, 0) is 14.2 Å². The minimum Gasteiger partial charge on any atom is -0.381 e. The number of nitrogens with two attached hydrogens (primary N) is 1. The molecule has 0 aliphatic carbocycles. The molecule has 1 atom stereocenters. The predicted molar refractivity (Wildman–Crippen MR) is 52.5 cm³/mol. The van der Waals surface area contributed by atoms with Crippen LogP contribution in [0.4, 0.5) is 0 Å². The van der Waals surface area contributed by atoms with Crippen molar-refractivity contribution >= 4 is 0 Å². The quantitative estimate of drug-likeness (QED) is 0.371. The Morgan fingerprint density at radius 1 is 1.29 bits per heavy atom. The fraction of sp³-hybridized carbons (Fsp3) is 1.00. The average Bonchev–Trinajstić information content (AvgIpc) is 2.27. The average molecular weight is 204 g/mol. The number of ether oxygens (including phenoxy) is 3. The Bertz CT molecular complexity index is 147. The summed E-state index contributed by atoms with van der Waals surface area (Å²) in [6, 6.07) is 0.0360. The number of hydrogen-bond donors (Lipinski definition) is 2. The Morgan fingerprint density at radius 2 is 1.86 bits per heavy atom. The van der Waals surface area contributed by atoms with Gasteiger partial charge < -0.3 is 14.2 Å². The van der Waals surface area contributed by atoms with Crippen molar-refractivity contribution in [2.24, 2.45) is 11.8 Å². The van der Waals surface area contributed by atoms with Gasteiger partial charge in [-0.25, -0.2) is 0 Å². The third-order valence-corrected chi connectivity index (χ3v) is 2.72. The molecule has 1 heterocycles. The summed E-state index contributed by atoms with van der Waals surface area (Å²) in [6.45, 7) is 1.59. The van der Waals surface area contributed by atoms with Gasteiger partial charge in [-0.2, -0.15) is 0 Å². The largest absolute Gasteiger partial charge is 0.381 e. The van der Waals surface area contributed by atoms with E-state index in [1.54, 1.807) is 14.2 Å². The molecule has 1 fully saturated rings. The maximum Gasteiger partial charge on any atom is 0.173 e. The first-order valence-electron chi connectivity index (χ1n) is 4.93. The lowest BCUT2D eigenvalue weighted by Crippen LogP contribution is -2.51. The number of nitrogens with one attached hydrogen (secondary N) is 1. The minimum absolute atomic E-state index is 0.0360. The molecule has 14 heavy (non-hydrogen) atoms. The van der Waals surface area contributed by atoms with Crippen LogP contribution in [0.3, 0.4) is 0 Å². The Morgan fingerprint density at radius 3 is 2.29 bits per heavy atom. The Kier molecular flexibility index (Phi) is 5.36. The summed E-state index contributed by atoms with van der Waals surface area (Å²) in [5, 5.41) is 0. The lowest BCUT2D eigenvalue weighted by Gasteiger charge is -2.33. The second-order valence-electron chi connectivity index (χ2n) is 3.48. The first-order valence-corrected chi connectivity index (χ1v) is 4.93. The van der Waals surface area contributed by atoms with Crippen LogP contribution in [-0.4, -0.2) is 39.8 Å². The van der Waals surface area contributed by atoms with Crippen molar-refractivity contribution in [3.63, 3.8) is 0 Å². The van der Waals surface area contributed by atoms with Crippen molar-refractivity contribution in [2.75, 3.05) is 27.4 Å². The highest BCUT2D eigenvalue weighted by atomic mass is 16.7. The highest BCUT2D eigenvalue weighted by Gasteiger charge is 2.30. The van der Waals surface area contributed by atoms with Crippen LogP contribution in [0.25, 0.3) is 0 Å². The van der Waals surface area contributed by atoms with E-state index in [-0.39, 0.29) is 12.3 Å². The van der Waals surface area contributed by atoms with Crippen LogP contribution in [0.2, 0.25) is 0 Å². The molecule has 3 N–H and O–H groups in total. The highest BCUT2D eigenvalue weighted by molar-refractivity contribution is 4.79. The van der Waals surface area contributed by atoms with Gasteiger partial charge in [0.15, 0.2) is 6.29 Å². The molecule has 0 radical (unpaired) electrons. The molecule has 0 spiro atoms. The maximum atomic E-state index is 5.50. The molecule has 0 aromatic carbocycles. The van der Waals surface area contributed by atoms with Crippen molar-refractivity contribution in [2.45, 2.75) is 25.2 Å². The first-order chi connectivity index (χ1) is 6.83. The predicted octanol–water partition coefficient (Wildman–Crippen LogP) is -0.136. The van der Waals surface area contributed by atoms with Crippen molar-refractivity contribution < 1.29 is 14.2 Å². The summed E-state index contributed by atoms with van der Waals surface area (Å²) in [5.74, 6) is 5.96. The molecule has 0 amide bonds. The van der Waals surface area contributed by atoms with Gasteiger partial charge >= 0.3 is 0 Å². The standard InChI is InChI=1S/C9H20N2O3/c1-12-9(13-2)8(11-10)7-3-5-14-6-4-7/h7-9,11H,3-6,10H2,1-2H3. The van der Waals surface area contributed by atoms with Gasteiger partial charge in [-0.05, 0) is 18.8 Å². The summed E-state index contributed by atoms with van der Waals surface area (Å²) in [4.78, 5) is 0. The fourth-order valence-corrected chi connectivity index (χ4v) is 1.90. The van der Waals surface area contributed by atoms with Gasteiger partial charge in [-0.3, -0.25) is 11.3 Å². The van der Waals surface area contributed by atoms with Crippen LogP contribution in [0.1, 0.15) is 12.8 Å². The number of hydrogen-bond acceptors (Lipinski definition) is 5. The van der Waals surface area contributed by atoms with Crippen LogP contribution in [0.15, 0.2) is 0 Å². The number of rotatable bonds is 5. The van der Waals surface area contributed by atoms with Gasteiger partial charge in [0.1, 0.15) is 0 Å². The summed E-state index contributed by atoms with van der Waals surface area (Å²) in [7, 11) is 3.25. The van der Waals surface area contributed by atoms with Gasteiger partial charge in [0.2, 0.25) is 0 Å². The zero-order valence-corrected chi connectivity index (χ0v) is 8.86. The van der Waals surface area contributed by atoms with Crippen LogP contribution < -0.4 is 11.3 Å². The van der Waals surface area contributed by atoms with Gasteiger partial charge in [-0.1, -0.05) is 0 Å². The van der Waals surface area contributed by atoms with Crippen LogP contribution in [0, 0.1) is 5.92 Å². The third kappa shape index (κ3) is 2.90. The summed E-state index contributed by atoms with van der Waals surface area (Å²) in [6.07, 6.45) is 1.71. The van der Waals surface area contributed by atoms with E-state index < -0.39 is 0 Å². The molecule has 0 aromatic heterocycles. The second-order valence-corrected chi connectivity index (χ2v) is 3.48. The second kappa shape index (κ2) is 6.31. The van der Waals surface area contributed by atoms with E-state index in [9.17, 15) is 0 Å². The molecule has 0 bridgehead atoms. The zero-order chi connectivity index (χ0) is 10.4. The van der Waals surface area contributed by atoms with Gasteiger partial charge in [0, 0.05) is 27.4 Å². The van der Waals surface area contributed by atoms with Crippen molar-refractivity contribution in [3.8, 4) is 0 Å². The topological polar surface area (TPSA) is 65.7 Å². The molecule has 1 aliphatic heterocycles. The monoisotopic (exact) mass is 204 g/mol. The molecule has 1 saturated heterocycles. The molecule has 1 unspecified atom stereocenters. The van der Waals surface area contributed by atoms with E-state index in [0.29, 0.717) is 5.92 Å². The third-order valence-electron chi connectivity index (χ3n) is 2.72. The fourth-order valence-electron chi connectivity index (χ4n) is 1.90. The Balaban J connectivity index is 2.49. The highest BCUT2D eigenvalue weighted by Crippen LogP contribution is 2.21. The lowest BCUT2D eigenvalue weighted by molar-refractivity contribution is -0.139. The normalized spacial score (nSPS) is 21.4. The van der Waals surface area contributed by atoms with Gasteiger partial charge in [-0.15, -0.1) is 0 Å². The molecular weight excluding hydrogens is 184 g/mol.